The molecule has 3 aromatic carbocycles. The van der Waals surface area contributed by atoms with E-state index < -0.39 is 0 Å². The van der Waals surface area contributed by atoms with Crippen molar-refractivity contribution in [1.29, 1.82) is 0 Å². The molecule has 3 aromatic rings. The van der Waals surface area contributed by atoms with E-state index in [1.54, 1.807) is 0 Å². The molecule has 1 unspecified atom stereocenters. The SMILES string of the molecule is CCCC1/C(=C\c2ccccc2)c2ccccc2NC(=O)N1Cc1ccccc1. The fraction of sp³-hybridized carbons (Fsp3) is 0.192. The van der Waals surface area contributed by atoms with E-state index in [1.807, 2.05) is 47.4 Å². The molecule has 3 nitrogen and oxygen atoms in total. The lowest BCUT2D eigenvalue weighted by molar-refractivity contribution is 0.196. The summed E-state index contributed by atoms with van der Waals surface area (Å²) >= 11 is 0. The lowest BCUT2D eigenvalue weighted by Crippen LogP contribution is -2.41. The standard InChI is InChI=1S/C26H26N2O/c1-2-11-25-23(18-20-12-5-3-6-13-20)22-16-9-10-17-24(22)27-26(29)28(25)19-21-14-7-4-8-15-21/h3-10,12-18,25H,2,11,19H2,1H3,(H,27,29)/b23-18-. The number of anilines is 1. The summed E-state index contributed by atoms with van der Waals surface area (Å²) in [5.74, 6) is 0. The number of rotatable bonds is 5. The lowest BCUT2D eigenvalue weighted by Gasteiger charge is -2.31. The van der Waals surface area contributed by atoms with Gasteiger partial charge in [0.25, 0.3) is 0 Å². The van der Waals surface area contributed by atoms with Gasteiger partial charge in [0.1, 0.15) is 0 Å². The van der Waals surface area contributed by atoms with Crippen molar-refractivity contribution in [2.24, 2.45) is 0 Å². The largest absolute Gasteiger partial charge is 0.322 e. The predicted octanol–water partition coefficient (Wildman–Crippen LogP) is 6.44. The van der Waals surface area contributed by atoms with E-state index in [0.29, 0.717) is 6.54 Å². The molecule has 0 radical (unpaired) electrons. The molecule has 1 aliphatic rings. The second kappa shape index (κ2) is 8.78. The van der Waals surface area contributed by atoms with Gasteiger partial charge in [0, 0.05) is 17.8 Å². The highest BCUT2D eigenvalue weighted by molar-refractivity contribution is 6.00. The molecule has 0 aliphatic carbocycles. The van der Waals surface area contributed by atoms with E-state index in [9.17, 15) is 4.79 Å². The third-order valence-electron chi connectivity index (χ3n) is 5.36. The molecule has 0 spiro atoms. The van der Waals surface area contributed by atoms with Crippen LogP contribution in [0.3, 0.4) is 0 Å². The summed E-state index contributed by atoms with van der Waals surface area (Å²) in [5.41, 5.74) is 5.43. The molecular formula is C26H26N2O. The maximum Gasteiger partial charge on any atom is 0.322 e. The van der Waals surface area contributed by atoms with E-state index in [-0.39, 0.29) is 12.1 Å². The molecule has 0 saturated carbocycles. The van der Waals surface area contributed by atoms with Gasteiger partial charge >= 0.3 is 6.03 Å². The minimum atomic E-state index is -0.0452. The summed E-state index contributed by atoms with van der Waals surface area (Å²) < 4.78 is 0. The minimum absolute atomic E-state index is 0.00376. The Morgan fingerprint density at radius 1 is 0.897 bits per heavy atom. The molecule has 146 valence electrons. The van der Waals surface area contributed by atoms with Crippen LogP contribution in [-0.4, -0.2) is 17.0 Å². The highest BCUT2D eigenvalue weighted by Crippen LogP contribution is 2.36. The summed E-state index contributed by atoms with van der Waals surface area (Å²) in [6, 6.07) is 28.6. The third-order valence-corrected chi connectivity index (χ3v) is 5.36. The van der Waals surface area contributed by atoms with Gasteiger partial charge in [0.2, 0.25) is 0 Å². The van der Waals surface area contributed by atoms with E-state index >= 15 is 0 Å². The zero-order valence-electron chi connectivity index (χ0n) is 16.7. The molecule has 0 aromatic heterocycles. The van der Waals surface area contributed by atoms with E-state index in [4.69, 9.17) is 0 Å². The number of benzene rings is 3. The normalized spacial score (nSPS) is 17.6. The second-order valence-corrected chi connectivity index (χ2v) is 7.40. The Labute approximate surface area is 172 Å². The lowest BCUT2D eigenvalue weighted by atomic mass is 9.91. The smallest absolute Gasteiger partial charge is 0.313 e. The number of carbonyl (C=O) groups is 1. The second-order valence-electron chi connectivity index (χ2n) is 7.40. The first-order valence-corrected chi connectivity index (χ1v) is 10.2. The van der Waals surface area contributed by atoms with Gasteiger partial charge in [-0.05, 0) is 35.3 Å². The predicted molar refractivity (Wildman–Crippen MR) is 120 cm³/mol. The molecule has 4 rings (SSSR count). The molecule has 1 atom stereocenters. The number of amides is 2. The van der Waals surface area contributed by atoms with Crippen LogP contribution in [0.25, 0.3) is 11.6 Å². The fourth-order valence-corrected chi connectivity index (χ4v) is 3.97. The molecule has 2 amide bonds. The number of nitrogens with zero attached hydrogens (tertiary/aromatic N) is 1. The zero-order valence-corrected chi connectivity index (χ0v) is 16.7. The molecule has 0 saturated heterocycles. The van der Waals surface area contributed by atoms with Gasteiger partial charge in [-0.25, -0.2) is 4.79 Å². The van der Waals surface area contributed by atoms with Crippen molar-refractivity contribution in [2.45, 2.75) is 32.4 Å². The number of nitrogens with one attached hydrogen (secondary N) is 1. The minimum Gasteiger partial charge on any atom is -0.313 e. The highest BCUT2D eigenvalue weighted by atomic mass is 16.2. The molecule has 29 heavy (non-hydrogen) atoms. The summed E-state index contributed by atoms with van der Waals surface area (Å²) in [5, 5.41) is 3.14. The summed E-state index contributed by atoms with van der Waals surface area (Å²) in [4.78, 5) is 15.2. The molecular weight excluding hydrogens is 356 g/mol. The highest BCUT2D eigenvalue weighted by Gasteiger charge is 2.32. The summed E-state index contributed by atoms with van der Waals surface area (Å²) in [6.45, 7) is 2.76. The van der Waals surface area contributed by atoms with Crippen LogP contribution in [0.4, 0.5) is 10.5 Å². The molecule has 1 heterocycles. The molecule has 3 heteroatoms. The van der Waals surface area contributed by atoms with Crippen molar-refractivity contribution in [3.05, 3.63) is 102 Å². The van der Waals surface area contributed by atoms with Crippen molar-refractivity contribution in [1.82, 2.24) is 4.90 Å². The summed E-state index contributed by atoms with van der Waals surface area (Å²) in [7, 11) is 0. The van der Waals surface area contributed by atoms with Gasteiger partial charge in [0.15, 0.2) is 0 Å². The quantitative estimate of drug-likeness (QED) is 0.541. The first-order chi connectivity index (χ1) is 14.3. The molecule has 1 aliphatic heterocycles. The average Bonchev–Trinajstić information content (AvgIpc) is 2.86. The van der Waals surface area contributed by atoms with Gasteiger partial charge in [0.05, 0.1) is 6.04 Å². The van der Waals surface area contributed by atoms with Crippen LogP contribution in [0, 0.1) is 0 Å². The Morgan fingerprint density at radius 3 is 2.28 bits per heavy atom. The van der Waals surface area contributed by atoms with E-state index in [1.165, 1.54) is 5.57 Å². The third kappa shape index (κ3) is 4.24. The van der Waals surface area contributed by atoms with Gasteiger partial charge in [-0.1, -0.05) is 92.2 Å². The number of fused-ring (bicyclic) bond motifs is 1. The van der Waals surface area contributed by atoms with E-state index in [2.05, 4.69) is 60.8 Å². The van der Waals surface area contributed by atoms with Crippen molar-refractivity contribution < 1.29 is 4.79 Å². The van der Waals surface area contributed by atoms with E-state index in [0.717, 1.165) is 35.2 Å². The number of urea groups is 1. The van der Waals surface area contributed by atoms with Crippen LogP contribution in [0.15, 0.2) is 84.9 Å². The Balaban J connectivity index is 1.84. The Hall–Kier alpha value is -3.33. The monoisotopic (exact) mass is 382 g/mol. The fourth-order valence-electron chi connectivity index (χ4n) is 3.97. The number of hydrogen-bond donors (Lipinski definition) is 1. The van der Waals surface area contributed by atoms with Crippen LogP contribution in [0.2, 0.25) is 0 Å². The first kappa shape index (κ1) is 19.0. The molecule has 0 fully saturated rings. The zero-order chi connectivity index (χ0) is 20.1. The maximum atomic E-state index is 13.3. The maximum absolute atomic E-state index is 13.3. The number of carbonyl (C=O) groups excluding carboxylic acids is 1. The Kier molecular flexibility index (Phi) is 5.76. The van der Waals surface area contributed by atoms with Gasteiger partial charge < -0.3 is 10.2 Å². The molecule has 1 N–H and O–H groups in total. The summed E-state index contributed by atoms with van der Waals surface area (Å²) in [6.07, 6.45) is 4.14. The number of para-hydroxylation sites is 1. The molecule has 0 bridgehead atoms. The number of hydrogen-bond acceptors (Lipinski definition) is 1. The average molecular weight is 383 g/mol. The van der Waals surface area contributed by atoms with Gasteiger partial charge in [-0.3, -0.25) is 0 Å². The van der Waals surface area contributed by atoms with Crippen LogP contribution in [-0.2, 0) is 6.54 Å². The Morgan fingerprint density at radius 2 is 1.55 bits per heavy atom. The van der Waals surface area contributed by atoms with Gasteiger partial charge in [-0.2, -0.15) is 0 Å². The topological polar surface area (TPSA) is 32.3 Å². The van der Waals surface area contributed by atoms with Crippen molar-refractivity contribution in [3.8, 4) is 0 Å². The van der Waals surface area contributed by atoms with Crippen molar-refractivity contribution in [3.63, 3.8) is 0 Å². The van der Waals surface area contributed by atoms with Crippen LogP contribution < -0.4 is 5.32 Å². The van der Waals surface area contributed by atoms with Crippen LogP contribution in [0.5, 0.6) is 0 Å². The Bertz CT molecular complexity index is 995. The van der Waals surface area contributed by atoms with Crippen LogP contribution in [0.1, 0.15) is 36.5 Å². The van der Waals surface area contributed by atoms with Crippen LogP contribution >= 0.6 is 0 Å². The van der Waals surface area contributed by atoms with Gasteiger partial charge in [-0.15, -0.1) is 0 Å². The first-order valence-electron chi connectivity index (χ1n) is 10.2. The van der Waals surface area contributed by atoms with Crippen molar-refractivity contribution in [2.75, 3.05) is 5.32 Å². The van der Waals surface area contributed by atoms with Crippen molar-refractivity contribution >= 4 is 23.4 Å².